The molecule has 4 aromatic rings. The summed E-state index contributed by atoms with van der Waals surface area (Å²) in [6, 6.07) is 29.8. The van der Waals surface area contributed by atoms with Gasteiger partial charge in [-0.2, -0.15) is 0 Å². The molecule has 1 amide bonds. The zero-order valence-electron chi connectivity index (χ0n) is 16.4. The average Bonchev–Trinajstić information content (AvgIpc) is 3.03. The Labute approximate surface area is 175 Å². The summed E-state index contributed by atoms with van der Waals surface area (Å²) in [5.74, 6) is -0.112. The number of benzene rings is 4. The fourth-order valence-corrected chi connectivity index (χ4v) is 3.77. The van der Waals surface area contributed by atoms with Gasteiger partial charge in [0.2, 0.25) is 0 Å². The third-order valence-electron chi connectivity index (χ3n) is 5.26. The van der Waals surface area contributed by atoms with Gasteiger partial charge in [-0.05, 0) is 53.9 Å². The quantitative estimate of drug-likeness (QED) is 0.439. The summed E-state index contributed by atoms with van der Waals surface area (Å²) in [5, 5.41) is 8.91. The first-order valence-electron chi connectivity index (χ1n) is 9.97. The lowest BCUT2D eigenvalue weighted by Gasteiger charge is -2.23. The number of carbonyl (C=O) groups is 1. The van der Waals surface area contributed by atoms with Gasteiger partial charge in [0.1, 0.15) is 0 Å². The predicted molar refractivity (Wildman–Crippen MR) is 125 cm³/mol. The van der Waals surface area contributed by atoms with Crippen molar-refractivity contribution in [3.8, 4) is 0 Å². The van der Waals surface area contributed by atoms with Crippen molar-refractivity contribution in [1.29, 1.82) is 0 Å². The van der Waals surface area contributed by atoms with Crippen molar-refractivity contribution in [3.05, 3.63) is 109 Å². The lowest BCUT2D eigenvalue weighted by molar-refractivity contribution is 0.102. The maximum atomic E-state index is 12.4. The van der Waals surface area contributed by atoms with Crippen LogP contribution in [0, 0.1) is 0 Å². The number of carbonyl (C=O) groups excluding carboxylic acids is 1. The Hall–Kier alpha value is -4.05. The zero-order valence-corrected chi connectivity index (χ0v) is 16.4. The predicted octanol–water partition coefficient (Wildman–Crippen LogP) is 6.17. The van der Waals surface area contributed by atoms with Gasteiger partial charge < -0.3 is 15.5 Å². The minimum Gasteiger partial charge on any atom is -0.379 e. The van der Waals surface area contributed by atoms with Gasteiger partial charge in [0.25, 0.3) is 5.91 Å². The number of nitrogens with one attached hydrogen (secondary N) is 2. The van der Waals surface area contributed by atoms with Crippen LogP contribution in [-0.4, -0.2) is 12.5 Å². The van der Waals surface area contributed by atoms with Gasteiger partial charge >= 0.3 is 0 Å². The normalized spacial score (nSPS) is 12.7. The molecule has 1 heterocycles. The van der Waals surface area contributed by atoms with Crippen LogP contribution in [0.2, 0.25) is 0 Å². The number of anilines is 4. The second-order valence-corrected chi connectivity index (χ2v) is 7.18. The number of amides is 1. The van der Waals surface area contributed by atoms with Crippen LogP contribution in [0.15, 0.2) is 103 Å². The van der Waals surface area contributed by atoms with E-state index >= 15 is 0 Å². The van der Waals surface area contributed by atoms with Crippen LogP contribution in [0.1, 0.15) is 10.4 Å². The van der Waals surface area contributed by atoms with Crippen LogP contribution in [0.4, 0.5) is 22.7 Å². The average molecular weight is 391 g/mol. The Morgan fingerprint density at radius 3 is 2.43 bits per heavy atom. The van der Waals surface area contributed by atoms with Crippen LogP contribution in [0.25, 0.3) is 10.8 Å². The molecule has 0 atom stereocenters. The number of hydrogen-bond donors (Lipinski definition) is 2. The fraction of sp³-hybridized carbons (Fsp3) is 0.0385. The van der Waals surface area contributed by atoms with Gasteiger partial charge in [-0.3, -0.25) is 4.79 Å². The monoisotopic (exact) mass is 391 g/mol. The van der Waals surface area contributed by atoms with Gasteiger partial charge in [-0.1, -0.05) is 48.5 Å². The highest BCUT2D eigenvalue weighted by atomic mass is 16.1. The summed E-state index contributed by atoms with van der Waals surface area (Å²) in [6.45, 7) is 0.767. The van der Waals surface area contributed by atoms with E-state index in [9.17, 15) is 4.79 Å². The minimum atomic E-state index is -0.112. The molecule has 1 aliphatic rings. The highest BCUT2D eigenvalue weighted by Gasteiger charge is 2.16. The van der Waals surface area contributed by atoms with Crippen molar-refractivity contribution in [3.63, 3.8) is 0 Å². The lowest BCUT2D eigenvalue weighted by atomic mass is 10.1. The molecule has 0 aromatic heterocycles. The first-order valence-corrected chi connectivity index (χ1v) is 9.97. The van der Waals surface area contributed by atoms with Crippen molar-refractivity contribution < 1.29 is 4.79 Å². The molecule has 0 saturated carbocycles. The van der Waals surface area contributed by atoms with E-state index < -0.39 is 0 Å². The number of rotatable bonds is 3. The fourth-order valence-electron chi connectivity index (χ4n) is 3.77. The van der Waals surface area contributed by atoms with Crippen molar-refractivity contribution >= 4 is 39.4 Å². The molecule has 4 nitrogen and oxygen atoms in total. The summed E-state index contributed by atoms with van der Waals surface area (Å²) in [6.07, 6.45) is 4.20. The minimum absolute atomic E-state index is 0.112. The molecule has 0 fully saturated rings. The van der Waals surface area contributed by atoms with Crippen molar-refractivity contribution in [1.82, 2.24) is 0 Å². The molecule has 0 unspecified atom stereocenters. The standard InChI is InChI=1S/C26H21N3O/c30-26(20-8-2-1-3-9-20)28-21-12-14-22(15-13-21)29-18-6-17-27-25-23-10-5-4-7-19(23)11-16-24(25)29/h1-16,18,27H,17H2,(H,28,30). The molecule has 5 rings (SSSR count). The maximum absolute atomic E-state index is 12.4. The van der Waals surface area contributed by atoms with E-state index in [0.717, 1.165) is 29.3 Å². The molecule has 0 aliphatic carbocycles. The van der Waals surface area contributed by atoms with Gasteiger partial charge in [-0.25, -0.2) is 0 Å². The van der Waals surface area contributed by atoms with E-state index in [1.54, 1.807) is 12.1 Å². The van der Waals surface area contributed by atoms with E-state index in [4.69, 9.17) is 0 Å². The molecule has 30 heavy (non-hydrogen) atoms. The largest absolute Gasteiger partial charge is 0.379 e. The summed E-state index contributed by atoms with van der Waals surface area (Å²) in [5.41, 5.74) is 4.67. The van der Waals surface area contributed by atoms with Gasteiger partial charge in [0.15, 0.2) is 0 Å². The Balaban J connectivity index is 1.45. The number of nitrogens with zero attached hydrogens (tertiary/aromatic N) is 1. The van der Waals surface area contributed by atoms with E-state index in [1.165, 1.54) is 10.8 Å². The molecule has 0 bridgehead atoms. The van der Waals surface area contributed by atoms with E-state index in [0.29, 0.717) is 5.56 Å². The third-order valence-corrected chi connectivity index (χ3v) is 5.26. The second kappa shape index (κ2) is 7.76. The van der Waals surface area contributed by atoms with Gasteiger partial charge in [0.05, 0.1) is 11.4 Å². The molecule has 146 valence electrons. The summed E-state index contributed by atoms with van der Waals surface area (Å²) >= 11 is 0. The maximum Gasteiger partial charge on any atom is 0.255 e. The molecule has 4 heteroatoms. The van der Waals surface area contributed by atoms with Crippen LogP contribution >= 0.6 is 0 Å². The first-order chi connectivity index (χ1) is 14.8. The van der Waals surface area contributed by atoms with E-state index in [2.05, 4.69) is 64.2 Å². The topological polar surface area (TPSA) is 44.4 Å². The molecular formula is C26H21N3O. The number of fused-ring (bicyclic) bond motifs is 3. The SMILES string of the molecule is O=C(Nc1ccc(N2C=CCNc3c2ccc2ccccc32)cc1)c1ccccc1. The molecule has 0 radical (unpaired) electrons. The summed E-state index contributed by atoms with van der Waals surface area (Å²) in [7, 11) is 0. The summed E-state index contributed by atoms with van der Waals surface area (Å²) in [4.78, 5) is 14.6. The molecule has 0 saturated heterocycles. The Kier molecular flexibility index (Phi) is 4.66. The highest BCUT2D eigenvalue weighted by molar-refractivity contribution is 6.04. The molecule has 0 spiro atoms. The molecule has 4 aromatic carbocycles. The van der Waals surface area contributed by atoms with Crippen LogP contribution < -0.4 is 15.5 Å². The van der Waals surface area contributed by atoms with E-state index in [1.807, 2.05) is 42.5 Å². The molecule has 1 aliphatic heterocycles. The van der Waals surface area contributed by atoms with Gasteiger partial charge in [-0.15, -0.1) is 0 Å². The van der Waals surface area contributed by atoms with Gasteiger partial charge in [0, 0.05) is 35.1 Å². The van der Waals surface area contributed by atoms with Crippen molar-refractivity contribution in [2.45, 2.75) is 0 Å². The van der Waals surface area contributed by atoms with Crippen molar-refractivity contribution in [2.24, 2.45) is 0 Å². The lowest BCUT2D eigenvalue weighted by Crippen LogP contribution is -2.12. The Morgan fingerprint density at radius 2 is 1.60 bits per heavy atom. The highest BCUT2D eigenvalue weighted by Crippen LogP contribution is 2.39. The van der Waals surface area contributed by atoms with Crippen LogP contribution in [-0.2, 0) is 0 Å². The number of hydrogen-bond acceptors (Lipinski definition) is 3. The first kappa shape index (κ1) is 18.0. The molecule has 2 N–H and O–H groups in total. The second-order valence-electron chi connectivity index (χ2n) is 7.18. The van der Waals surface area contributed by atoms with Crippen molar-refractivity contribution in [2.75, 3.05) is 22.1 Å². The Bertz CT molecular complexity index is 1230. The Morgan fingerprint density at radius 1 is 0.833 bits per heavy atom. The molecular weight excluding hydrogens is 370 g/mol. The van der Waals surface area contributed by atoms with Crippen LogP contribution in [0.5, 0.6) is 0 Å². The third kappa shape index (κ3) is 3.40. The van der Waals surface area contributed by atoms with Crippen LogP contribution in [0.3, 0.4) is 0 Å². The zero-order chi connectivity index (χ0) is 20.3. The smallest absolute Gasteiger partial charge is 0.255 e. The summed E-state index contributed by atoms with van der Waals surface area (Å²) < 4.78 is 0. The van der Waals surface area contributed by atoms with E-state index in [-0.39, 0.29) is 5.91 Å².